The van der Waals surface area contributed by atoms with Gasteiger partial charge in [-0.1, -0.05) is 37.3 Å². The maximum atomic E-state index is 13.5. The van der Waals surface area contributed by atoms with Gasteiger partial charge in [0.1, 0.15) is 17.3 Å². The van der Waals surface area contributed by atoms with E-state index in [1.165, 1.54) is 29.2 Å². The Bertz CT molecular complexity index is 1220. The largest absolute Gasteiger partial charge is 0.507 e. The van der Waals surface area contributed by atoms with Crippen LogP contribution in [-0.4, -0.2) is 23.4 Å². The molecule has 0 spiro atoms. The first-order valence-electron chi connectivity index (χ1n) is 10.8. The zero-order valence-electron chi connectivity index (χ0n) is 18.4. The summed E-state index contributed by atoms with van der Waals surface area (Å²) in [6, 6.07) is 18.6. The molecule has 1 amide bonds. The molecule has 3 aromatic carbocycles. The van der Waals surface area contributed by atoms with Crippen molar-refractivity contribution in [1.29, 1.82) is 0 Å². The third kappa shape index (κ3) is 4.24. The molecule has 0 aromatic heterocycles. The number of aliphatic hydroxyl groups is 1. The van der Waals surface area contributed by atoms with Gasteiger partial charge in [-0.05, 0) is 66.9 Å². The van der Waals surface area contributed by atoms with Gasteiger partial charge in [-0.2, -0.15) is 0 Å². The highest BCUT2D eigenvalue weighted by Gasteiger charge is 2.46. The van der Waals surface area contributed by atoms with E-state index in [1.807, 2.05) is 19.9 Å². The number of aliphatic hydroxyl groups excluding tert-OH is 1. The van der Waals surface area contributed by atoms with Crippen LogP contribution in [-0.2, 0) is 9.59 Å². The number of halogens is 1. The van der Waals surface area contributed by atoms with Gasteiger partial charge in [-0.15, -0.1) is 0 Å². The van der Waals surface area contributed by atoms with Crippen molar-refractivity contribution in [2.24, 2.45) is 0 Å². The molecule has 168 valence electrons. The number of hydrogen-bond acceptors (Lipinski definition) is 4. The van der Waals surface area contributed by atoms with Crippen molar-refractivity contribution in [2.75, 3.05) is 11.5 Å². The Morgan fingerprint density at radius 3 is 2.36 bits per heavy atom. The monoisotopic (exact) mass is 445 g/mol. The number of Topliss-reactive ketones (excluding diaryl/α,β-unsaturated/α-hetero) is 1. The van der Waals surface area contributed by atoms with Gasteiger partial charge in [-0.25, -0.2) is 4.39 Å². The van der Waals surface area contributed by atoms with E-state index in [0.717, 1.165) is 12.0 Å². The number of nitrogens with zero attached hydrogens (tertiary/aromatic N) is 1. The van der Waals surface area contributed by atoms with E-state index in [4.69, 9.17) is 4.74 Å². The molecule has 1 saturated heterocycles. The number of benzene rings is 3. The maximum Gasteiger partial charge on any atom is 0.300 e. The van der Waals surface area contributed by atoms with Crippen molar-refractivity contribution in [1.82, 2.24) is 0 Å². The molecule has 1 N–H and O–H groups in total. The molecule has 3 aromatic rings. The smallest absolute Gasteiger partial charge is 0.300 e. The molecule has 0 bridgehead atoms. The Hall–Kier alpha value is -3.93. The minimum Gasteiger partial charge on any atom is -0.507 e. The number of ether oxygens (including phenoxy) is 1. The summed E-state index contributed by atoms with van der Waals surface area (Å²) in [6.45, 7) is 4.44. The van der Waals surface area contributed by atoms with Crippen molar-refractivity contribution < 1.29 is 23.8 Å². The molecular weight excluding hydrogens is 421 g/mol. The van der Waals surface area contributed by atoms with Crippen molar-refractivity contribution in [3.63, 3.8) is 0 Å². The maximum absolute atomic E-state index is 13.5. The first kappa shape index (κ1) is 22.3. The summed E-state index contributed by atoms with van der Waals surface area (Å²) in [6.07, 6.45) is 0.866. The zero-order valence-corrected chi connectivity index (χ0v) is 18.4. The summed E-state index contributed by atoms with van der Waals surface area (Å²) in [5.41, 5.74) is 2.22. The fourth-order valence-electron chi connectivity index (χ4n) is 3.98. The number of amides is 1. The Morgan fingerprint density at radius 2 is 1.73 bits per heavy atom. The number of aryl methyl sites for hydroxylation is 1. The molecule has 4 rings (SSSR count). The topological polar surface area (TPSA) is 66.8 Å². The van der Waals surface area contributed by atoms with Gasteiger partial charge in [0.15, 0.2) is 0 Å². The summed E-state index contributed by atoms with van der Waals surface area (Å²) in [7, 11) is 0. The molecule has 1 unspecified atom stereocenters. The second kappa shape index (κ2) is 9.28. The molecule has 0 radical (unpaired) electrons. The molecule has 1 fully saturated rings. The molecule has 1 aliphatic rings. The van der Waals surface area contributed by atoms with Gasteiger partial charge >= 0.3 is 0 Å². The van der Waals surface area contributed by atoms with Gasteiger partial charge < -0.3 is 9.84 Å². The summed E-state index contributed by atoms with van der Waals surface area (Å²) in [4.78, 5) is 27.5. The Labute approximate surface area is 191 Å². The molecule has 0 aliphatic carbocycles. The Kier molecular flexibility index (Phi) is 6.27. The van der Waals surface area contributed by atoms with Crippen molar-refractivity contribution in [3.05, 3.63) is 101 Å². The van der Waals surface area contributed by atoms with Crippen LogP contribution in [0.1, 0.15) is 36.1 Å². The van der Waals surface area contributed by atoms with Gasteiger partial charge in [0.25, 0.3) is 11.7 Å². The van der Waals surface area contributed by atoms with Crippen molar-refractivity contribution in [3.8, 4) is 5.75 Å². The highest BCUT2D eigenvalue weighted by Crippen LogP contribution is 2.42. The SMILES string of the molecule is CCCOc1ccc(/C(O)=C2/C(=O)C(=O)N(c3ccc(F)cc3)C2c2ccccc2)cc1C. The van der Waals surface area contributed by atoms with Gasteiger partial charge in [0.2, 0.25) is 0 Å². The van der Waals surface area contributed by atoms with Crippen LogP contribution in [0.2, 0.25) is 0 Å². The lowest BCUT2D eigenvalue weighted by Gasteiger charge is -2.25. The summed E-state index contributed by atoms with van der Waals surface area (Å²) in [5.74, 6) is -1.60. The van der Waals surface area contributed by atoms with E-state index in [9.17, 15) is 19.1 Å². The van der Waals surface area contributed by atoms with Crippen molar-refractivity contribution in [2.45, 2.75) is 26.3 Å². The van der Waals surface area contributed by atoms with Crippen LogP contribution in [0.15, 0.2) is 78.4 Å². The number of carbonyl (C=O) groups excluding carboxylic acids is 2. The normalized spacial score (nSPS) is 17.4. The molecule has 5 nitrogen and oxygen atoms in total. The fourth-order valence-corrected chi connectivity index (χ4v) is 3.98. The van der Waals surface area contributed by atoms with Crippen LogP contribution in [0.5, 0.6) is 5.75 Å². The van der Waals surface area contributed by atoms with E-state index < -0.39 is 23.5 Å². The Balaban J connectivity index is 1.85. The molecule has 33 heavy (non-hydrogen) atoms. The minimum absolute atomic E-state index is 0.0165. The van der Waals surface area contributed by atoms with E-state index in [0.29, 0.717) is 29.2 Å². The number of rotatable bonds is 6. The van der Waals surface area contributed by atoms with Crippen LogP contribution in [0.25, 0.3) is 5.76 Å². The summed E-state index contributed by atoms with van der Waals surface area (Å²) >= 11 is 0. The first-order chi connectivity index (χ1) is 15.9. The number of carbonyl (C=O) groups is 2. The van der Waals surface area contributed by atoms with Gasteiger partial charge in [0.05, 0.1) is 18.2 Å². The summed E-state index contributed by atoms with van der Waals surface area (Å²) < 4.78 is 19.2. The third-order valence-corrected chi connectivity index (χ3v) is 5.57. The average molecular weight is 445 g/mol. The minimum atomic E-state index is -0.854. The lowest BCUT2D eigenvalue weighted by molar-refractivity contribution is -0.132. The molecule has 0 saturated carbocycles. The molecular formula is C27H24FNO4. The van der Waals surface area contributed by atoms with E-state index in [-0.39, 0.29) is 11.3 Å². The molecule has 1 heterocycles. The quantitative estimate of drug-likeness (QED) is 0.307. The second-order valence-corrected chi connectivity index (χ2v) is 7.88. The fraction of sp³-hybridized carbons (Fsp3) is 0.185. The van der Waals surface area contributed by atoms with E-state index in [1.54, 1.807) is 42.5 Å². The highest BCUT2D eigenvalue weighted by molar-refractivity contribution is 6.51. The predicted octanol–water partition coefficient (Wildman–Crippen LogP) is 5.55. The van der Waals surface area contributed by atoms with E-state index in [2.05, 4.69) is 0 Å². The van der Waals surface area contributed by atoms with Crippen molar-refractivity contribution >= 4 is 23.1 Å². The lowest BCUT2D eigenvalue weighted by atomic mass is 9.94. The third-order valence-electron chi connectivity index (χ3n) is 5.57. The zero-order chi connectivity index (χ0) is 23.5. The highest BCUT2D eigenvalue weighted by atomic mass is 19.1. The van der Waals surface area contributed by atoms with Crippen LogP contribution < -0.4 is 9.64 Å². The lowest BCUT2D eigenvalue weighted by Crippen LogP contribution is -2.29. The predicted molar refractivity (Wildman–Crippen MR) is 125 cm³/mol. The first-order valence-corrected chi connectivity index (χ1v) is 10.8. The Morgan fingerprint density at radius 1 is 1.03 bits per heavy atom. The molecule has 6 heteroatoms. The molecule has 1 aliphatic heterocycles. The average Bonchev–Trinajstić information content (AvgIpc) is 3.09. The van der Waals surface area contributed by atoms with Gasteiger partial charge in [0, 0.05) is 11.3 Å². The van der Waals surface area contributed by atoms with Crippen LogP contribution in [0.4, 0.5) is 10.1 Å². The number of anilines is 1. The van der Waals surface area contributed by atoms with Crippen LogP contribution in [0.3, 0.4) is 0 Å². The van der Waals surface area contributed by atoms with Crippen LogP contribution >= 0.6 is 0 Å². The standard InChI is InChI=1S/C27H24FNO4/c1-3-15-33-22-14-9-19(16-17(22)2)25(30)23-24(18-7-5-4-6-8-18)29(27(32)26(23)31)21-12-10-20(28)11-13-21/h4-14,16,24,30H,3,15H2,1-2H3/b25-23-. The van der Waals surface area contributed by atoms with Gasteiger partial charge in [-0.3, -0.25) is 14.5 Å². The number of hydrogen-bond donors (Lipinski definition) is 1. The summed E-state index contributed by atoms with van der Waals surface area (Å²) in [5, 5.41) is 11.2. The van der Waals surface area contributed by atoms with Crippen LogP contribution in [0, 0.1) is 12.7 Å². The molecule has 1 atom stereocenters. The number of ketones is 1. The van der Waals surface area contributed by atoms with E-state index >= 15 is 0 Å². The second-order valence-electron chi connectivity index (χ2n) is 7.88.